The number of ether oxygens (including phenoxy) is 2. The largest absolute Gasteiger partial charge is 1.00 e. The summed E-state index contributed by atoms with van der Waals surface area (Å²) < 4.78 is 20.9. The number of nitrogens with zero attached hydrogens (tertiary/aromatic N) is 2. The predicted octanol–water partition coefficient (Wildman–Crippen LogP) is -7.08. The molecule has 1 heterocycles. The first-order valence-corrected chi connectivity index (χ1v) is 6.21. The Kier molecular flexibility index (Phi) is 12.1. The van der Waals surface area contributed by atoms with Crippen molar-refractivity contribution in [3.05, 3.63) is 22.7 Å². The van der Waals surface area contributed by atoms with E-state index >= 15 is 0 Å². The molecule has 0 unspecified atom stereocenters. The molecule has 1 aromatic rings. The van der Waals surface area contributed by atoms with Crippen LogP contribution in [0.3, 0.4) is 0 Å². The van der Waals surface area contributed by atoms with Crippen LogP contribution < -0.4 is 70.5 Å². The number of rotatable bonds is 6. The second-order valence-corrected chi connectivity index (χ2v) is 4.64. The van der Waals surface area contributed by atoms with Gasteiger partial charge in [0.1, 0.15) is 19.3 Å². The van der Waals surface area contributed by atoms with Gasteiger partial charge in [-0.3, -0.25) is 9.13 Å². The van der Waals surface area contributed by atoms with Crippen molar-refractivity contribution in [2.45, 2.75) is 6.73 Å². The Hall–Kier alpha value is 0.750. The van der Waals surface area contributed by atoms with Gasteiger partial charge in [0, 0.05) is 6.20 Å². The van der Waals surface area contributed by atoms with Crippen LogP contribution in [0.5, 0.6) is 0 Å². The molecule has 12 heteroatoms. The molecule has 19 heavy (non-hydrogen) atoms. The molecule has 0 spiro atoms. The van der Waals surface area contributed by atoms with Crippen molar-refractivity contribution in [2.75, 3.05) is 18.9 Å². The molecule has 0 aliphatic heterocycles. The molecule has 1 aromatic heterocycles. The van der Waals surface area contributed by atoms with Crippen LogP contribution in [-0.4, -0.2) is 32.5 Å². The number of aromatic nitrogens is 2. The average molecular weight is 311 g/mol. The van der Waals surface area contributed by atoms with E-state index < -0.39 is 19.6 Å². The Balaban J connectivity index is 0. The van der Waals surface area contributed by atoms with Crippen LogP contribution in [0.25, 0.3) is 0 Å². The second kappa shape index (κ2) is 10.5. The molecule has 0 saturated carbocycles. The van der Waals surface area contributed by atoms with Gasteiger partial charge in [-0.2, -0.15) is 4.98 Å². The Labute approximate surface area is 153 Å². The van der Waals surface area contributed by atoms with Gasteiger partial charge in [-0.25, -0.2) is 4.79 Å². The fraction of sp³-hybridized carbons (Fsp3) is 0.429. The van der Waals surface area contributed by atoms with Crippen molar-refractivity contribution in [3.8, 4) is 0 Å². The molecule has 0 aliphatic carbocycles. The first kappa shape index (κ1) is 22.0. The zero-order chi connectivity index (χ0) is 12.9. The third-order valence-electron chi connectivity index (χ3n) is 1.55. The van der Waals surface area contributed by atoms with Crippen molar-refractivity contribution < 1.29 is 82.9 Å². The van der Waals surface area contributed by atoms with Gasteiger partial charge in [0.15, 0.2) is 6.35 Å². The van der Waals surface area contributed by atoms with Gasteiger partial charge in [-0.05, 0) is 6.07 Å². The molecule has 9 nitrogen and oxygen atoms in total. The summed E-state index contributed by atoms with van der Waals surface area (Å²) in [4.78, 5) is 31.6. The fourth-order valence-corrected chi connectivity index (χ4v) is 1.20. The zero-order valence-electron chi connectivity index (χ0n) is 10.7. The topological polar surface area (TPSA) is 137 Å². The number of nitrogen functional groups attached to an aromatic ring is 1. The molecule has 0 bridgehead atoms. The fourth-order valence-electron chi connectivity index (χ4n) is 0.891. The predicted molar refractivity (Wildman–Crippen MR) is 56.9 cm³/mol. The maximum atomic E-state index is 11.2. The van der Waals surface area contributed by atoms with Crippen molar-refractivity contribution in [3.63, 3.8) is 0 Å². The van der Waals surface area contributed by atoms with Crippen molar-refractivity contribution in [1.29, 1.82) is 0 Å². The number of hydrogen-bond donors (Lipinski definition) is 3. The van der Waals surface area contributed by atoms with Gasteiger partial charge in [0.05, 0.1) is 0 Å². The number of nitrogens with two attached hydrogens (primary N) is 1. The van der Waals surface area contributed by atoms with E-state index in [1.54, 1.807) is 0 Å². The molecule has 0 aromatic carbocycles. The summed E-state index contributed by atoms with van der Waals surface area (Å²) in [7, 11) is -4.19. The Morgan fingerprint density at radius 2 is 2.00 bits per heavy atom. The minimum atomic E-state index is -4.19. The summed E-state index contributed by atoms with van der Waals surface area (Å²) in [5.74, 6) is 0.101. The minimum Gasteiger partial charge on any atom is -0.383 e. The molecule has 0 aliphatic rings. The smallest absolute Gasteiger partial charge is 0.383 e. The van der Waals surface area contributed by atoms with Gasteiger partial charge < -0.3 is 25.0 Å². The van der Waals surface area contributed by atoms with Crippen LogP contribution in [0.1, 0.15) is 0 Å². The molecule has 4 N–H and O–H groups in total. The zero-order valence-corrected chi connectivity index (χ0v) is 15.6. The Bertz CT molecular complexity index is 478. The normalized spacial score (nSPS) is 10.4. The van der Waals surface area contributed by atoms with E-state index in [1.165, 1.54) is 12.3 Å². The third-order valence-corrected chi connectivity index (χ3v) is 2.07. The molecule has 0 atom stereocenters. The van der Waals surface area contributed by atoms with Crippen LogP contribution >= 0.6 is 7.60 Å². The van der Waals surface area contributed by atoms with Gasteiger partial charge in [-0.1, -0.05) is 0 Å². The summed E-state index contributed by atoms with van der Waals surface area (Å²) in [6.45, 7) is -0.491. The molecule has 96 valence electrons. The second-order valence-electron chi connectivity index (χ2n) is 3.05. The first-order valence-electron chi connectivity index (χ1n) is 4.41. The summed E-state index contributed by atoms with van der Waals surface area (Å²) in [5, 5.41) is 0. The minimum absolute atomic E-state index is 0. The molecule has 0 fully saturated rings. The monoisotopic (exact) mass is 311 g/mol. The van der Waals surface area contributed by atoms with Crippen LogP contribution in [0.4, 0.5) is 5.82 Å². The first-order chi connectivity index (χ1) is 7.88. The van der Waals surface area contributed by atoms with E-state index in [4.69, 9.17) is 20.3 Å². The van der Waals surface area contributed by atoms with Crippen LogP contribution in [0, 0.1) is 0 Å². The van der Waals surface area contributed by atoms with E-state index in [0.29, 0.717) is 0 Å². The van der Waals surface area contributed by atoms with Gasteiger partial charge >= 0.3 is 72.4 Å². The standard InChI is InChI=1S/C7H12N3O6P.2Na/c8-6-1-2-10(7(11)9-6)3-15-4-16-5-17(12,13)14;;/h1-2H,3-5H2,(H2,8,9,11)(H2,12,13,14);;/q;2*+1. The summed E-state index contributed by atoms with van der Waals surface area (Å²) in [5.41, 5.74) is 4.69. The molecule has 0 amide bonds. The van der Waals surface area contributed by atoms with Crippen LogP contribution in [0.2, 0.25) is 0 Å². The molecular weight excluding hydrogens is 299 g/mol. The summed E-state index contributed by atoms with van der Waals surface area (Å²) in [6, 6.07) is 1.42. The van der Waals surface area contributed by atoms with Gasteiger partial charge in [0.25, 0.3) is 0 Å². The molecule has 1 rings (SSSR count). The average Bonchev–Trinajstić information content (AvgIpc) is 2.18. The summed E-state index contributed by atoms with van der Waals surface area (Å²) in [6.07, 6.45) is 0.648. The maximum Gasteiger partial charge on any atom is 1.00 e. The van der Waals surface area contributed by atoms with E-state index in [9.17, 15) is 9.36 Å². The SMILES string of the molecule is Nc1ccn(COCOCP(=O)(O)O)c(=O)n1.[Na+].[Na+]. The van der Waals surface area contributed by atoms with Crippen molar-refractivity contribution >= 4 is 13.4 Å². The van der Waals surface area contributed by atoms with Gasteiger partial charge in [-0.15, -0.1) is 0 Å². The molecular formula is C7H12N3Na2O6P+2. The third kappa shape index (κ3) is 10.2. The molecule has 0 radical (unpaired) electrons. The van der Waals surface area contributed by atoms with E-state index in [0.717, 1.165) is 4.57 Å². The Morgan fingerprint density at radius 3 is 2.53 bits per heavy atom. The molecule has 0 saturated heterocycles. The van der Waals surface area contributed by atoms with Crippen molar-refractivity contribution in [1.82, 2.24) is 9.55 Å². The van der Waals surface area contributed by atoms with E-state index in [1.807, 2.05) is 0 Å². The number of anilines is 1. The van der Waals surface area contributed by atoms with Crippen LogP contribution in [0.15, 0.2) is 17.1 Å². The van der Waals surface area contributed by atoms with E-state index in [-0.39, 0.29) is 78.5 Å². The van der Waals surface area contributed by atoms with Gasteiger partial charge in [0.2, 0.25) is 0 Å². The van der Waals surface area contributed by atoms with E-state index in [2.05, 4.69) is 9.72 Å². The van der Waals surface area contributed by atoms with Crippen molar-refractivity contribution in [2.24, 2.45) is 0 Å². The quantitative estimate of drug-likeness (QED) is 0.204. The maximum absolute atomic E-state index is 11.2. The Morgan fingerprint density at radius 1 is 1.37 bits per heavy atom. The van der Waals surface area contributed by atoms with Crippen LogP contribution in [-0.2, 0) is 20.8 Å². The number of hydrogen-bond acceptors (Lipinski definition) is 6. The summed E-state index contributed by atoms with van der Waals surface area (Å²) >= 11 is 0.